The molecule has 174 valence electrons. The van der Waals surface area contributed by atoms with Crippen LogP contribution in [-0.2, 0) is 14.8 Å². The van der Waals surface area contributed by atoms with Gasteiger partial charge in [-0.2, -0.15) is 4.31 Å². The van der Waals surface area contributed by atoms with Crippen molar-refractivity contribution in [2.45, 2.75) is 51.0 Å². The van der Waals surface area contributed by atoms with Gasteiger partial charge in [0.25, 0.3) is 0 Å². The summed E-state index contributed by atoms with van der Waals surface area (Å²) in [6.07, 6.45) is 1.38. The first kappa shape index (κ1) is 24.3. The zero-order valence-electron chi connectivity index (χ0n) is 18.6. The number of sulfonamides is 1. The topological polar surface area (TPSA) is 66.5 Å². The van der Waals surface area contributed by atoms with Crippen LogP contribution in [0.5, 0.6) is 0 Å². The van der Waals surface area contributed by atoms with Crippen LogP contribution in [0.15, 0.2) is 53.4 Å². The lowest BCUT2D eigenvalue weighted by atomic mass is 9.85. The molecule has 1 unspecified atom stereocenters. The van der Waals surface area contributed by atoms with Crippen molar-refractivity contribution in [1.29, 1.82) is 0 Å². The molecule has 0 radical (unpaired) electrons. The van der Waals surface area contributed by atoms with Crippen LogP contribution in [0.25, 0.3) is 0 Å². The number of hydrogen-bond acceptors (Lipinski definition) is 3. The van der Waals surface area contributed by atoms with Gasteiger partial charge in [-0.3, -0.25) is 4.79 Å². The molecule has 32 heavy (non-hydrogen) atoms. The lowest BCUT2D eigenvalue weighted by Gasteiger charge is -2.33. The van der Waals surface area contributed by atoms with E-state index in [1.54, 1.807) is 12.1 Å². The Balaban J connectivity index is 1.67. The number of carbonyl (C=O) groups is 1. The number of nitrogens with one attached hydrogen (secondary N) is 1. The van der Waals surface area contributed by atoms with E-state index in [1.165, 1.54) is 34.6 Å². The van der Waals surface area contributed by atoms with E-state index in [1.807, 2.05) is 0 Å². The summed E-state index contributed by atoms with van der Waals surface area (Å²) in [5, 5.41) is 3.08. The molecule has 0 saturated carbocycles. The molecular weight excluding hydrogens is 434 g/mol. The SMILES string of the molecule is CC(C)(C)CC(NC(=O)C1CCN(S(=O)(=O)c2ccccc2F)CC1)c1ccc(F)cc1. The summed E-state index contributed by atoms with van der Waals surface area (Å²) in [5.41, 5.74) is 0.762. The summed E-state index contributed by atoms with van der Waals surface area (Å²) < 4.78 is 54.2. The third-order valence-corrected chi connectivity index (χ3v) is 7.62. The van der Waals surface area contributed by atoms with Gasteiger partial charge in [-0.05, 0) is 54.5 Å². The van der Waals surface area contributed by atoms with E-state index >= 15 is 0 Å². The van der Waals surface area contributed by atoms with Crippen molar-refractivity contribution in [3.8, 4) is 0 Å². The fourth-order valence-electron chi connectivity index (χ4n) is 4.00. The molecule has 0 aromatic heterocycles. The molecule has 0 aliphatic carbocycles. The van der Waals surface area contributed by atoms with E-state index in [9.17, 15) is 22.0 Å². The molecule has 1 atom stereocenters. The molecule has 1 N–H and O–H groups in total. The van der Waals surface area contributed by atoms with Crippen molar-refractivity contribution < 1.29 is 22.0 Å². The first-order valence-corrected chi connectivity index (χ1v) is 12.2. The Labute approximate surface area is 188 Å². The number of rotatable bonds is 6. The first-order chi connectivity index (χ1) is 15.0. The molecule has 2 aromatic carbocycles. The standard InChI is InChI=1S/C24H30F2N2O3S/c1-24(2,3)16-21(17-8-10-19(25)11-9-17)27-23(29)18-12-14-28(15-13-18)32(30,31)22-7-5-4-6-20(22)26/h4-11,18,21H,12-16H2,1-3H3,(H,27,29). The number of carbonyl (C=O) groups excluding carboxylic acids is 1. The highest BCUT2D eigenvalue weighted by atomic mass is 32.2. The second-order valence-electron chi connectivity index (χ2n) is 9.49. The Morgan fingerprint density at radius 1 is 1.06 bits per heavy atom. The molecule has 0 bridgehead atoms. The van der Waals surface area contributed by atoms with Gasteiger partial charge in [0, 0.05) is 19.0 Å². The molecule has 1 amide bonds. The molecular formula is C24H30F2N2O3S. The largest absolute Gasteiger partial charge is 0.349 e. The van der Waals surface area contributed by atoms with Crippen LogP contribution >= 0.6 is 0 Å². The van der Waals surface area contributed by atoms with Crippen molar-refractivity contribution in [2.24, 2.45) is 11.3 Å². The van der Waals surface area contributed by atoms with Crippen LogP contribution < -0.4 is 5.32 Å². The van der Waals surface area contributed by atoms with Crippen LogP contribution in [0.1, 0.15) is 51.6 Å². The van der Waals surface area contributed by atoms with E-state index in [-0.39, 0.29) is 47.1 Å². The number of benzene rings is 2. The number of hydrogen-bond donors (Lipinski definition) is 1. The fourth-order valence-corrected chi connectivity index (χ4v) is 5.54. The Bertz CT molecular complexity index is 1040. The molecule has 5 nitrogen and oxygen atoms in total. The van der Waals surface area contributed by atoms with Gasteiger partial charge in [0.1, 0.15) is 16.5 Å². The summed E-state index contributed by atoms with van der Waals surface area (Å²) in [4.78, 5) is 12.7. The fraction of sp³-hybridized carbons (Fsp3) is 0.458. The highest BCUT2D eigenvalue weighted by Gasteiger charge is 2.34. The van der Waals surface area contributed by atoms with Crippen molar-refractivity contribution in [2.75, 3.05) is 13.1 Å². The van der Waals surface area contributed by atoms with Crippen LogP contribution in [-0.4, -0.2) is 31.7 Å². The van der Waals surface area contributed by atoms with Gasteiger partial charge in [0.05, 0.1) is 6.04 Å². The van der Waals surface area contributed by atoms with E-state index in [2.05, 4.69) is 26.1 Å². The Hall–Kier alpha value is -2.32. The summed E-state index contributed by atoms with van der Waals surface area (Å²) in [6, 6.07) is 11.1. The van der Waals surface area contributed by atoms with Crippen LogP contribution in [0.2, 0.25) is 0 Å². The van der Waals surface area contributed by atoms with Crippen molar-refractivity contribution in [3.63, 3.8) is 0 Å². The van der Waals surface area contributed by atoms with E-state index < -0.39 is 15.8 Å². The molecule has 0 spiro atoms. The van der Waals surface area contributed by atoms with Crippen molar-refractivity contribution >= 4 is 15.9 Å². The summed E-state index contributed by atoms with van der Waals surface area (Å²) in [5.74, 6) is -1.61. The van der Waals surface area contributed by atoms with Crippen molar-refractivity contribution in [1.82, 2.24) is 9.62 Å². The summed E-state index contributed by atoms with van der Waals surface area (Å²) >= 11 is 0. The maximum absolute atomic E-state index is 14.0. The average molecular weight is 465 g/mol. The van der Waals surface area contributed by atoms with Gasteiger partial charge in [-0.1, -0.05) is 45.0 Å². The van der Waals surface area contributed by atoms with Gasteiger partial charge in [0.2, 0.25) is 15.9 Å². The molecule has 1 fully saturated rings. The quantitative estimate of drug-likeness (QED) is 0.676. The van der Waals surface area contributed by atoms with Crippen molar-refractivity contribution in [3.05, 3.63) is 65.7 Å². The number of amides is 1. The smallest absolute Gasteiger partial charge is 0.245 e. The second kappa shape index (κ2) is 9.67. The van der Waals surface area contributed by atoms with Gasteiger partial charge in [-0.15, -0.1) is 0 Å². The minimum atomic E-state index is -3.94. The lowest BCUT2D eigenvalue weighted by Crippen LogP contribution is -2.44. The maximum atomic E-state index is 14.0. The highest BCUT2D eigenvalue weighted by molar-refractivity contribution is 7.89. The Morgan fingerprint density at radius 2 is 1.66 bits per heavy atom. The third-order valence-electron chi connectivity index (χ3n) is 5.68. The molecule has 1 saturated heterocycles. The van der Waals surface area contributed by atoms with E-state index in [4.69, 9.17) is 0 Å². The number of nitrogens with zero attached hydrogens (tertiary/aromatic N) is 1. The van der Waals surface area contributed by atoms with Gasteiger partial charge in [-0.25, -0.2) is 17.2 Å². The third kappa shape index (κ3) is 5.92. The minimum Gasteiger partial charge on any atom is -0.349 e. The Kier molecular flexibility index (Phi) is 7.35. The second-order valence-corrected chi connectivity index (χ2v) is 11.4. The molecule has 2 aromatic rings. The number of piperidine rings is 1. The van der Waals surface area contributed by atoms with E-state index in [0.717, 1.165) is 11.6 Å². The normalized spacial score (nSPS) is 17.2. The zero-order valence-corrected chi connectivity index (χ0v) is 19.5. The molecule has 1 aliphatic rings. The zero-order chi connectivity index (χ0) is 23.5. The van der Waals surface area contributed by atoms with Gasteiger partial charge < -0.3 is 5.32 Å². The van der Waals surface area contributed by atoms with Crippen LogP contribution in [0.3, 0.4) is 0 Å². The number of halogens is 2. The highest BCUT2D eigenvalue weighted by Crippen LogP contribution is 2.31. The predicted octanol–water partition coefficient (Wildman–Crippen LogP) is 4.66. The molecule has 8 heteroatoms. The van der Waals surface area contributed by atoms with Crippen LogP contribution in [0, 0.1) is 23.0 Å². The summed E-state index contributed by atoms with van der Waals surface area (Å²) in [7, 11) is -3.94. The average Bonchev–Trinajstić information content (AvgIpc) is 2.73. The maximum Gasteiger partial charge on any atom is 0.245 e. The minimum absolute atomic E-state index is 0.0659. The molecule has 1 heterocycles. The lowest BCUT2D eigenvalue weighted by molar-refractivity contribution is -0.127. The van der Waals surface area contributed by atoms with Gasteiger partial charge in [0.15, 0.2) is 0 Å². The van der Waals surface area contributed by atoms with Crippen LogP contribution in [0.4, 0.5) is 8.78 Å². The van der Waals surface area contributed by atoms with Gasteiger partial charge >= 0.3 is 0 Å². The summed E-state index contributed by atoms with van der Waals surface area (Å²) in [6.45, 7) is 6.51. The molecule has 1 aliphatic heterocycles. The van der Waals surface area contributed by atoms with E-state index in [0.29, 0.717) is 19.3 Å². The monoisotopic (exact) mass is 464 g/mol. The Morgan fingerprint density at radius 3 is 2.22 bits per heavy atom. The first-order valence-electron chi connectivity index (χ1n) is 10.8. The molecule has 3 rings (SSSR count). The predicted molar refractivity (Wildman–Crippen MR) is 119 cm³/mol.